The van der Waals surface area contributed by atoms with Gasteiger partial charge in [0.1, 0.15) is 11.7 Å². The Kier molecular flexibility index (Phi) is 8.90. The van der Waals surface area contributed by atoms with Gasteiger partial charge in [0.15, 0.2) is 5.78 Å². The smallest absolute Gasteiger partial charge is 0.408 e. The quantitative estimate of drug-likeness (QED) is 0.272. The highest BCUT2D eigenvalue weighted by Gasteiger charge is 2.70. The van der Waals surface area contributed by atoms with Crippen molar-refractivity contribution in [3.8, 4) is 0 Å². The maximum atomic E-state index is 13.8. The van der Waals surface area contributed by atoms with E-state index >= 15 is 0 Å². The van der Waals surface area contributed by atoms with Gasteiger partial charge in [-0.25, -0.2) is 4.79 Å². The average Bonchev–Trinajstić information content (AvgIpc) is 3.21. The molecule has 8 atom stereocenters. The van der Waals surface area contributed by atoms with E-state index in [4.69, 9.17) is 9.47 Å². The molecular formula is C40H63NO7. The molecule has 2 N–H and O–H groups in total. The molecule has 0 aliphatic heterocycles. The van der Waals surface area contributed by atoms with Crippen LogP contribution in [0.5, 0.6) is 0 Å². The third kappa shape index (κ3) is 5.63. The number of hydrogen-bond acceptors (Lipinski definition) is 6. The van der Waals surface area contributed by atoms with Crippen LogP contribution in [-0.2, 0) is 23.9 Å². The number of hydrogen-bond donors (Lipinski definition) is 2. The lowest BCUT2D eigenvalue weighted by molar-refractivity contribution is -0.232. The van der Waals surface area contributed by atoms with Gasteiger partial charge in [-0.15, -0.1) is 0 Å². The van der Waals surface area contributed by atoms with Gasteiger partial charge < -0.3 is 19.9 Å². The maximum absolute atomic E-state index is 13.8. The van der Waals surface area contributed by atoms with Gasteiger partial charge in [0.25, 0.3) is 0 Å². The Labute approximate surface area is 288 Å². The van der Waals surface area contributed by atoms with Crippen LogP contribution in [0.25, 0.3) is 0 Å². The van der Waals surface area contributed by atoms with Crippen LogP contribution in [-0.4, -0.2) is 46.2 Å². The van der Waals surface area contributed by atoms with Gasteiger partial charge >= 0.3 is 18.0 Å². The van der Waals surface area contributed by atoms with Crippen LogP contribution in [0.2, 0.25) is 0 Å². The summed E-state index contributed by atoms with van der Waals surface area (Å²) >= 11 is 0. The van der Waals surface area contributed by atoms with E-state index in [1.807, 2.05) is 20.8 Å². The number of allylic oxidation sites excluding steroid dienone is 1. The standard InChI is InChI=1S/C40H63NO7/c1-23(2)30-25(42)21-40(41-33(46)48-34(3,4)5)20-19-38(11)24(31(30)40)13-14-27-37(10)17-16-28(47-29(43)22-35(6,7)32(44)45)36(8,9)26(37)15-18-39(27,38)12/h23-24,26-28H,13-22H2,1-12H3,(H,41,46)(H,44,45)/t24-,26?,27?,28+,37+,38-,39-,40-/m1/s1. The first-order chi connectivity index (χ1) is 21.8. The zero-order chi connectivity index (χ0) is 36.0. The third-order valence-electron chi connectivity index (χ3n) is 14.5. The Bertz CT molecular complexity index is 1400. The van der Waals surface area contributed by atoms with Crippen LogP contribution < -0.4 is 5.32 Å². The summed E-state index contributed by atoms with van der Waals surface area (Å²) in [4.78, 5) is 51.8. The number of esters is 1. The van der Waals surface area contributed by atoms with Gasteiger partial charge in [-0.1, -0.05) is 48.5 Å². The molecule has 8 nitrogen and oxygen atoms in total. The first kappa shape index (κ1) is 36.9. The summed E-state index contributed by atoms with van der Waals surface area (Å²) in [5, 5.41) is 12.9. The highest BCUT2D eigenvalue weighted by molar-refractivity contribution is 6.02. The molecule has 8 heteroatoms. The predicted octanol–water partition coefficient (Wildman–Crippen LogP) is 8.66. The van der Waals surface area contributed by atoms with Gasteiger partial charge in [-0.3, -0.25) is 14.4 Å². The third-order valence-corrected chi connectivity index (χ3v) is 14.5. The lowest BCUT2D eigenvalue weighted by Crippen LogP contribution is -2.67. The minimum atomic E-state index is -1.17. The largest absolute Gasteiger partial charge is 0.481 e. The molecule has 270 valence electrons. The topological polar surface area (TPSA) is 119 Å². The molecule has 0 heterocycles. The molecule has 0 aromatic heterocycles. The van der Waals surface area contributed by atoms with Crippen molar-refractivity contribution in [1.29, 1.82) is 0 Å². The molecule has 0 spiro atoms. The Hall–Kier alpha value is -2.38. The number of ketones is 1. The summed E-state index contributed by atoms with van der Waals surface area (Å²) < 4.78 is 11.9. The number of rotatable bonds is 6. The summed E-state index contributed by atoms with van der Waals surface area (Å²) in [6.07, 6.45) is 7.02. The predicted molar refractivity (Wildman–Crippen MR) is 185 cm³/mol. The number of Topliss-reactive ketones (excluding diaryl/α,β-unsaturated/α-hetero) is 1. The molecule has 0 bridgehead atoms. The molecule has 48 heavy (non-hydrogen) atoms. The minimum absolute atomic E-state index is 0.0328. The second-order valence-corrected chi connectivity index (χ2v) is 19.6. The number of carbonyl (C=O) groups excluding carboxylic acids is 3. The van der Waals surface area contributed by atoms with E-state index in [1.54, 1.807) is 13.8 Å². The Balaban J connectivity index is 1.45. The van der Waals surface area contributed by atoms with E-state index < -0.39 is 34.6 Å². The highest BCUT2D eigenvalue weighted by atomic mass is 16.6. The number of aliphatic carboxylic acids is 1. The SMILES string of the molecule is CC(C)C1=C2[C@H]3CCC4[C@@]5(C)CC[C@H](OC(=O)CC(C)(C)C(=O)O)C(C)(C)C5CC[C@@]4(C)[C@]3(C)CC[C@@]2(NC(=O)OC(C)(C)C)CC1=O. The Morgan fingerprint density at radius 1 is 0.875 bits per heavy atom. The van der Waals surface area contributed by atoms with Gasteiger partial charge in [0.2, 0.25) is 0 Å². The normalized spacial score (nSPS) is 39.1. The number of nitrogens with one attached hydrogen (secondary N) is 1. The second-order valence-electron chi connectivity index (χ2n) is 19.6. The van der Waals surface area contributed by atoms with Crippen LogP contribution in [0.4, 0.5) is 4.79 Å². The van der Waals surface area contributed by atoms with E-state index in [0.717, 1.165) is 56.9 Å². The van der Waals surface area contributed by atoms with E-state index in [0.29, 0.717) is 18.3 Å². The molecule has 5 aliphatic carbocycles. The van der Waals surface area contributed by atoms with E-state index in [2.05, 4.69) is 53.8 Å². The molecular weight excluding hydrogens is 606 g/mol. The number of fused-ring (bicyclic) bond motifs is 7. The van der Waals surface area contributed by atoms with Crippen LogP contribution in [0, 0.1) is 50.7 Å². The first-order valence-corrected chi connectivity index (χ1v) is 18.6. The maximum Gasteiger partial charge on any atom is 0.408 e. The molecule has 1 amide bonds. The van der Waals surface area contributed by atoms with E-state index in [-0.39, 0.29) is 51.8 Å². The van der Waals surface area contributed by atoms with Crippen molar-refractivity contribution >= 4 is 23.8 Å². The summed E-state index contributed by atoms with van der Waals surface area (Å²) in [7, 11) is 0. The van der Waals surface area contributed by atoms with Crippen molar-refractivity contribution < 1.29 is 33.8 Å². The molecule has 0 aromatic rings. The molecule has 0 saturated heterocycles. The average molecular weight is 670 g/mol. The van der Waals surface area contributed by atoms with Crippen molar-refractivity contribution in [3.63, 3.8) is 0 Å². The number of amides is 1. The molecule has 5 rings (SSSR count). The first-order valence-electron chi connectivity index (χ1n) is 18.6. The fraction of sp³-hybridized carbons (Fsp3) is 0.850. The number of ether oxygens (including phenoxy) is 2. The highest BCUT2D eigenvalue weighted by Crippen LogP contribution is 2.76. The lowest BCUT2D eigenvalue weighted by atomic mass is 9.33. The Morgan fingerprint density at radius 2 is 1.52 bits per heavy atom. The molecule has 0 radical (unpaired) electrons. The number of carboxylic acid groups (broad SMARTS) is 1. The van der Waals surface area contributed by atoms with Crippen molar-refractivity contribution in [2.24, 2.45) is 50.7 Å². The summed E-state index contributed by atoms with van der Waals surface area (Å²) in [5.74, 6) is -0.140. The van der Waals surface area contributed by atoms with Gasteiger partial charge in [0.05, 0.1) is 17.4 Å². The molecule has 4 fully saturated rings. The van der Waals surface area contributed by atoms with Crippen LogP contribution in [0.15, 0.2) is 11.1 Å². The molecule has 2 unspecified atom stereocenters. The molecule has 4 saturated carbocycles. The second kappa shape index (κ2) is 11.6. The number of carboxylic acids is 1. The Morgan fingerprint density at radius 3 is 2.10 bits per heavy atom. The van der Waals surface area contributed by atoms with Gasteiger partial charge in [-0.2, -0.15) is 0 Å². The molecule has 0 aromatic carbocycles. The van der Waals surface area contributed by atoms with Crippen molar-refractivity contribution in [2.75, 3.05) is 0 Å². The summed E-state index contributed by atoms with van der Waals surface area (Å²) in [5.41, 5.74) is -0.571. The fourth-order valence-electron chi connectivity index (χ4n) is 12.1. The van der Waals surface area contributed by atoms with Crippen LogP contribution in [0.3, 0.4) is 0 Å². The van der Waals surface area contributed by atoms with Crippen LogP contribution >= 0.6 is 0 Å². The number of carbonyl (C=O) groups is 4. The van der Waals surface area contributed by atoms with E-state index in [9.17, 15) is 24.3 Å². The molecule has 5 aliphatic rings. The summed E-state index contributed by atoms with van der Waals surface area (Å²) in [6.45, 7) is 25.0. The van der Waals surface area contributed by atoms with Gasteiger partial charge in [0, 0.05) is 11.8 Å². The fourth-order valence-corrected chi connectivity index (χ4v) is 12.1. The van der Waals surface area contributed by atoms with Crippen molar-refractivity contribution in [3.05, 3.63) is 11.1 Å². The number of alkyl carbamates (subject to hydrolysis) is 1. The van der Waals surface area contributed by atoms with E-state index in [1.165, 1.54) is 5.57 Å². The van der Waals surface area contributed by atoms with Gasteiger partial charge in [-0.05, 0) is 137 Å². The monoisotopic (exact) mass is 669 g/mol. The minimum Gasteiger partial charge on any atom is -0.481 e. The zero-order valence-corrected chi connectivity index (χ0v) is 31.9. The summed E-state index contributed by atoms with van der Waals surface area (Å²) in [6, 6.07) is 0. The van der Waals surface area contributed by atoms with Crippen LogP contribution in [0.1, 0.15) is 147 Å². The lowest BCUT2D eigenvalue weighted by Gasteiger charge is -2.72. The zero-order valence-electron chi connectivity index (χ0n) is 31.9. The van der Waals surface area contributed by atoms with Crippen molar-refractivity contribution in [1.82, 2.24) is 5.32 Å². The van der Waals surface area contributed by atoms with Crippen molar-refractivity contribution in [2.45, 2.75) is 165 Å².